The van der Waals surface area contributed by atoms with Gasteiger partial charge < -0.3 is 21.5 Å². The summed E-state index contributed by atoms with van der Waals surface area (Å²) in [4.78, 5) is 20.8. The maximum Gasteiger partial charge on any atom is 0.229 e. The van der Waals surface area contributed by atoms with Crippen LogP contribution in [0.4, 0.5) is 21.6 Å². The third-order valence-electron chi connectivity index (χ3n) is 6.05. The van der Waals surface area contributed by atoms with Crippen molar-refractivity contribution in [3.8, 4) is 11.1 Å². The van der Waals surface area contributed by atoms with Crippen LogP contribution in [0.3, 0.4) is 0 Å². The maximum absolute atomic E-state index is 15.0. The van der Waals surface area contributed by atoms with Gasteiger partial charge in [0.2, 0.25) is 5.91 Å². The summed E-state index contributed by atoms with van der Waals surface area (Å²) in [5.74, 6) is 0.416. The number of anilines is 3. The first-order chi connectivity index (χ1) is 14.0. The summed E-state index contributed by atoms with van der Waals surface area (Å²) in [6.07, 6.45) is 4.57. The van der Waals surface area contributed by atoms with Crippen LogP contribution < -0.4 is 16.8 Å². The fourth-order valence-electron chi connectivity index (χ4n) is 4.21. The monoisotopic (exact) mass is 393 g/mol. The van der Waals surface area contributed by atoms with Crippen molar-refractivity contribution in [3.63, 3.8) is 0 Å². The molecule has 2 aromatic heterocycles. The fraction of sp³-hybridized carbons (Fsp3) is 0.286. The summed E-state index contributed by atoms with van der Waals surface area (Å²) in [6.45, 7) is 3.09. The van der Waals surface area contributed by atoms with E-state index in [0.29, 0.717) is 58.5 Å². The number of pyridine rings is 2. The number of nitrogens with two attached hydrogens (primary N) is 2. The molecule has 8 heteroatoms. The molecule has 1 saturated heterocycles. The number of benzene rings is 1. The quantitative estimate of drug-likeness (QED) is 0.589. The van der Waals surface area contributed by atoms with Gasteiger partial charge in [-0.25, -0.2) is 9.37 Å². The molecular weight excluding hydrogens is 373 g/mol. The molecule has 5 rings (SSSR count). The number of carbonyl (C=O) groups is 1. The standard InChI is InChI=1S/C21H20FN5O2/c1-9-12(4-25-6-16(9)23)11-2-10-3-17(26-5-13(10)20(24)19(11)22)27-21(28)18-14-7-29-8-15(14)18/h2-6,14-15,18H,7-8,23-24H2,1H3,(H,26,27,28)/t14-,15+,18+. The Kier molecular flexibility index (Phi) is 3.92. The van der Waals surface area contributed by atoms with Gasteiger partial charge in [0.1, 0.15) is 5.82 Å². The van der Waals surface area contributed by atoms with Gasteiger partial charge in [0.05, 0.1) is 30.8 Å². The number of halogens is 1. The van der Waals surface area contributed by atoms with Crippen LogP contribution in [0, 0.1) is 30.5 Å². The van der Waals surface area contributed by atoms with Crippen LogP contribution in [0.25, 0.3) is 21.9 Å². The van der Waals surface area contributed by atoms with Gasteiger partial charge in [-0.1, -0.05) is 0 Å². The molecule has 0 unspecified atom stereocenters. The molecule has 2 fully saturated rings. The summed E-state index contributed by atoms with van der Waals surface area (Å²) in [7, 11) is 0. The molecule has 148 valence electrons. The molecule has 5 N–H and O–H groups in total. The molecule has 1 saturated carbocycles. The smallest absolute Gasteiger partial charge is 0.229 e. The van der Waals surface area contributed by atoms with Crippen molar-refractivity contribution < 1.29 is 13.9 Å². The van der Waals surface area contributed by atoms with Crippen molar-refractivity contribution in [2.75, 3.05) is 30.0 Å². The highest BCUT2D eigenvalue weighted by Gasteiger charge is 2.58. The number of ether oxygens (including phenoxy) is 1. The molecule has 2 aliphatic rings. The highest BCUT2D eigenvalue weighted by Crippen LogP contribution is 2.51. The number of amides is 1. The highest BCUT2D eigenvalue weighted by atomic mass is 19.1. The minimum atomic E-state index is -0.544. The molecule has 3 heterocycles. The second-order valence-electron chi connectivity index (χ2n) is 7.72. The minimum Gasteiger partial charge on any atom is -0.397 e. The lowest BCUT2D eigenvalue weighted by Crippen LogP contribution is -2.19. The number of nitrogen functional groups attached to an aromatic ring is 2. The van der Waals surface area contributed by atoms with Crippen molar-refractivity contribution in [3.05, 3.63) is 42.1 Å². The van der Waals surface area contributed by atoms with Crippen LogP contribution in [0.15, 0.2) is 30.7 Å². The molecule has 0 bridgehead atoms. The molecule has 3 atom stereocenters. The Labute approximate surface area is 166 Å². The van der Waals surface area contributed by atoms with E-state index in [9.17, 15) is 9.18 Å². The second-order valence-corrected chi connectivity index (χ2v) is 7.72. The molecule has 3 aromatic rings. The van der Waals surface area contributed by atoms with Gasteiger partial charge in [0.25, 0.3) is 0 Å². The van der Waals surface area contributed by atoms with E-state index in [0.717, 1.165) is 5.56 Å². The van der Waals surface area contributed by atoms with Crippen LogP contribution >= 0.6 is 0 Å². The Morgan fingerprint density at radius 3 is 2.69 bits per heavy atom. The van der Waals surface area contributed by atoms with Crippen molar-refractivity contribution in [1.82, 2.24) is 9.97 Å². The van der Waals surface area contributed by atoms with E-state index < -0.39 is 5.82 Å². The van der Waals surface area contributed by atoms with Gasteiger partial charge in [0.15, 0.2) is 5.82 Å². The lowest BCUT2D eigenvalue weighted by molar-refractivity contribution is -0.118. The predicted molar refractivity (Wildman–Crippen MR) is 108 cm³/mol. The number of fused-ring (bicyclic) bond motifs is 2. The van der Waals surface area contributed by atoms with Gasteiger partial charge in [-0.05, 0) is 41.8 Å². The van der Waals surface area contributed by atoms with Crippen LogP contribution in [-0.4, -0.2) is 29.1 Å². The fourth-order valence-corrected chi connectivity index (χ4v) is 4.21. The van der Waals surface area contributed by atoms with E-state index in [-0.39, 0.29) is 17.5 Å². The largest absolute Gasteiger partial charge is 0.397 e. The van der Waals surface area contributed by atoms with Crippen molar-refractivity contribution in [2.24, 2.45) is 17.8 Å². The highest BCUT2D eigenvalue weighted by molar-refractivity contribution is 6.00. The minimum absolute atomic E-state index is 0.00132. The Morgan fingerprint density at radius 1 is 1.17 bits per heavy atom. The van der Waals surface area contributed by atoms with E-state index >= 15 is 0 Å². The lowest BCUT2D eigenvalue weighted by atomic mass is 9.97. The van der Waals surface area contributed by atoms with E-state index in [1.54, 1.807) is 25.3 Å². The zero-order chi connectivity index (χ0) is 20.3. The Morgan fingerprint density at radius 2 is 1.93 bits per heavy atom. The molecular formula is C21H20FN5O2. The van der Waals surface area contributed by atoms with Gasteiger partial charge in [-0.2, -0.15) is 0 Å². The first-order valence-corrected chi connectivity index (χ1v) is 9.42. The summed E-state index contributed by atoms with van der Waals surface area (Å²) in [5.41, 5.74) is 14.1. The number of rotatable bonds is 3. The lowest BCUT2D eigenvalue weighted by Gasteiger charge is -2.13. The SMILES string of the molecule is Cc1c(N)cncc1-c1cc2cc(NC(=O)[C@H]3[C@@H]4COC[C@@H]43)ncc2c(N)c1F. The van der Waals surface area contributed by atoms with Crippen molar-refractivity contribution in [2.45, 2.75) is 6.92 Å². The first kappa shape index (κ1) is 17.8. The molecule has 29 heavy (non-hydrogen) atoms. The molecule has 1 amide bonds. The van der Waals surface area contributed by atoms with Crippen LogP contribution in [0.1, 0.15) is 5.56 Å². The van der Waals surface area contributed by atoms with Gasteiger partial charge in [0, 0.05) is 34.8 Å². The van der Waals surface area contributed by atoms with Crippen LogP contribution in [0.2, 0.25) is 0 Å². The van der Waals surface area contributed by atoms with E-state index in [1.165, 1.54) is 12.4 Å². The Hall–Kier alpha value is -3.26. The maximum atomic E-state index is 15.0. The molecule has 1 aliphatic heterocycles. The number of hydrogen-bond acceptors (Lipinski definition) is 6. The zero-order valence-corrected chi connectivity index (χ0v) is 15.8. The third kappa shape index (κ3) is 2.79. The average molecular weight is 393 g/mol. The summed E-state index contributed by atoms with van der Waals surface area (Å²) < 4.78 is 20.3. The summed E-state index contributed by atoms with van der Waals surface area (Å²) >= 11 is 0. The van der Waals surface area contributed by atoms with Gasteiger partial charge >= 0.3 is 0 Å². The number of nitrogens with one attached hydrogen (secondary N) is 1. The Balaban J connectivity index is 1.52. The van der Waals surface area contributed by atoms with Crippen molar-refractivity contribution >= 4 is 33.9 Å². The molecule has 0 spiro atoms. The zero-order valence-electron chi connectivity index (χ0n) is 15.8. The van der Waals surface area contributed by atoms with Crippen LogP contribution in [0.5, 0.6) is 0 Å². The predicted octanol–water partition coefficient (Wildman–Crippen LogP) is 2.74. The summed E-state index contributed by atoms with van der Waals surface area (Å²) in [5, 5.41) is 4.02. The van der Waals surface area contributed by atoms with E-state index in [2.05, 4.69) is 15.3 Å². The Bertz CT molecular complexity index is 1160. The number of nitrogens with zero attached hydrogens (tertiary/aromatic N) is 2. The molecule has 0 radical (unpaired) electrons. The van der Waals surface area contributed by atoms with Crippen LogP contribution in [-0.2, 0) is 9.53 Å². The van der Waals surface area contributed by atoms with E-state index in [1.807, 2.05) is 0 Å². The molecule has 7 nitrogen and oxygen atoms in total. The van der Waals surface area contributed by atoms with E-state index in [4.69, 9.17) is 16.2 Å². The molecule has 1 aromatic carbocycles. The first-order valence-electron chi connectivity index (χ1n) is 9.42. The van der Waals surface area contributed by atoms with Gasteiger partial charge in [-0.15, -0.1) is 0 Å². The number of hydrogen-bond donors (Lipinski definition) is 3. The normalized spacial score (nSPS) is 22.5. The second kappa shape index (κ2) is 6.38. The topological polar surface area (TPSA) is 116 Å². The third-order valence-corrected chi connectivity index (χ3v) is 6.05. The van der Waals surface area contributed by atoms with Crippen molar-refractivity contribution in [1.29, 1.82) is 0 Å². The average Bonchev–Trinajstić information content (AvgIpc) is 3.19. The number of aromatic nitrogens is 2. The number of carbonyl (C=O) groups excluding carboxylic acids is 1. The van der Waals surface area contributed by atoms with Gasteiger partial charge in [-0.3, -0.25) is 9.78 Å². The molecule has 1 aliphatic carbocycles. The summed E-state index contributed by atoms with van der Waals surface area (Å²) in [6, 6.07) is 3.39.